The van der Waals surface area contributed by atoms with Crippen LogP contribution in [0.3, 0.4) is 0 Å². The molecule has 0 aliphatic carbocycles. The Bertz CT molecular complexity index is 816. The highest BCUT2D eigenvalue weighted by Gasteiger charge is 2.24. The van der Waals surface area contributed by atoms with Crippen LogP contribution in [0.1, 0.15) is 27.4 Å². The number of carbonyl (C=O) groups excluding carboxylic acids is 2. The van der Waals surface area contributed by atoms with E-state index in [1.807, 2.05) is 60.7 Å². The van der Waals surface area contributed by atoms with Crippen LogP contribution in [-0.4, -0.2) is 11.9 Å². The molecule has 0 bridgehead atoms. The van der Waals surface area contributed by atoms with Crippen molar-refractivity contribution in [3.05, 3.63) is 102 Å². The average Bonchev–Trinajstić information content (AvgIpc) is 2.64. The molecule has 0 aromatic heterocycles. The summed E-state index contributed by atoms with van der Waals surface area (Å²) in [6, 6.07) is 24.3. The van der Waals surface area contributed by atoms with Gasteiger partial charge in [0.2, 0.25) is 0 Å². The first-order chi connectivity index (χ1) is 12.1. The van der Waals surface area contributed by atoms with Gasteiger partial charge in [0.25, 0.3) is 0 Å². The Balaban J connectivity index is 1.88. The highest BCUT2D eigenvalue weighted by atomic mass is 16.5. The van der Waals surface area contributed by atoms with E-state index in [2.05, 4.69) is 0 Å². The molecule has 0 aliphatic rings. The number of carboxylic acids is 1. The maximum Gasteiger partial charge on any atom is 0.323 e. The molecule has 3 rings (SSSR count). The Kier molecular flexibility index (Phi) is 4.90. The van der Waals surface area contributed by atoms with Gasteiger partial charge in [0.05, 0.1) is 5.97 Å². The smallest absolute Gasteiger partial charge is 0.323 e. The van der Waals surface area contributed by atoms with Crippen molar-refractivity contribution in [2.24, 2.45) is 0 Å². The summed E-state index contributed by atoms with van der Waals surface area (Å²) < 4.78 is 5.47. The minimum absolute atomic E-state index is 0.0301. The largest absolute Gasteiger partial charge is 0.545 e. The molecular formula is C21H15O4-. The van der Waals surface area contributed by atoms with Crippen molar-refractivity contribution in [1.29, 1.82) is 0 Å². The predicted molar refractivity (Wildman–Crippen MR) is 91.1 cm³/mol. The molecule has 0 heterocycles. The first-order valence-corrected chi connectivity index (χ1v) is 7.78. The number of rotatable bonds is 5. The van der Waals surface area contributed by atoms with Crippen LogP contribution >= 0.6 is 0 Å². The van der Waals surface area contributed by atoms with E-state index in [-0.39, 0.29) is 11.3 Å². The van der Waals surface area contributed by atoms with Crippen LogP contribution in [0, 0.1) is 0 Å². The van der Waals surface area contributed by atoms with E-state index >= 15 is 0 Å². The second-order valence-corrected chi connectivity index (χ2v) is 5.49. The number of carboxylic acid groups (broad SMARTS) is 1. The molecule has 124 valence electrons. The van der Waals surface area contributed by atoms with E-state index in [9.17, 15) is 14.7 Å². The van der Waals surface area contributed by atoms with E-state index in [0.717, 1.165) is 11.1 Å². The Labute approximate surface area is 145 Å². The molecule has 3 aromatic carbocycles. The van der Waals surface area contributed by atoms with E-state index in [0.29, 0.717) is 0 Å². The fraction of sp³-hybridized carbons (Fsp3) is 0.0476. The fourth-order valence-electron chi connectivity index (χ4n) is 2.59. The van der Waals surface area contributed by atoms with Gasteiger partial charge in [-0.15, -0.1) is 0 Å². The Morgan fingerprint density at radius 3 is 1.64 bits per heavy atom. The molecule has 0 amide bonds. The Morgan fingerprint density at radius 2 is 1.20 bits per heavy atom. The molecule has 0 spiro atoms. The van der Waals surface area contributed by atoms with Crippen molar-refractivity contribution in [3.8, 4) is 5.75 Å². The minimum Gasteiger partial charge on any atom is -0.545 e. The van der Waals surface area contributed by atoms with E-state index < -0.39 is 17.9 Å². The lowest BCUT2D eigenvalue weighted by molar-refractivity contribution is -0.255. The number of aromatic carboxylic acids is 1. The molecule has 0 saturated carbocycles. The van der Waals surface area contributed by atoms with Gasteiger partial charge in [-0.3, -0.25) is 4.79 Å². The Morgan fingerprint density at radius 1 is 0.720 bits per heavy atom. The van der Waals surface area contributed by atoms with Crippen LogP contribution in [-0.2, 0) is 4.79 Å². The quantitative estimate of drug-likeness (QED) is 0.533. The van der Waals surface area contributed by atoms with Gasteiger partial charge in [-0.25, -0.2) is 0 Å². The van der Waals surface area contributed by atoms with Crippen molar-refractivity contribution < 1.29 is 19.4 Å². The molecule has 25 heavy (non-hydrogen) atoms. The molecule has 3 aromatic rings. The summed E-state index contributed by atoms with van der Waals surface area (Å²) in [5.74, 6) is -1.99. The Hall–Kier alpha value is -3.40. The summed E-state index contributed by atoms with van der Waals surface area (Å²) in [7, 11) is 0. The number of hydrogen-bond acceptors (Lipinski definition) is 4. The van der Waals surface area contributed by atoms with E-state index in [4.69, 9.17) is 4.74 Å². The van der Waals surface area contributed by atoms with Crippen molar-refractivity contribution in [1.82, 2.24) is 0 Å². The SMILES string of the molecule is O=C([O-])c1ccc(OC(=O)C(c2ccccc2)c2ccccc2)cc1. The number of hydrogen-bond donors (Lipinski definition) is 0. The van der Waals surface area contributed by atoms with Crippen LogP contribution in [0.15, 0.2) is 84.9 Å². The van der Waals surface area contributed by atoms with E-state index in [1.54, 1.807) is 0 Å². The summed E-state index contributed by atoms with van der Waals surface area (Å²) in [4.78, 5) is 23.6. The van der Waals surface area contributed by atoms with Gasteiger partial charge in [0, 0.05) is 0 Å². The minimum atomic E-state index is -1.27. The molecule has 0 unspecified atom stereocenters. The molecule has 4 nitrogen and oxygen atoms in total. The lowest BCUT2D eigenvalue weighted by atomic mass is 9.91. The molecule has 0 atom stereocenters. The maximum absolute atomic E-state index is 12.8. The zero-order chi connectivity index (χ0) is 17.6. The van der Waals surface area contributed by atoms with Crippen molar-refractivity contribution in [2.75, 3.05) is 0 Å². The topological polar surface area (TPSA) is 66.4 Å². The van der Waals surface area contributed by atoms with Gasteiger partial charge in [-0.05, 0) is 41.0 Å². The summed E-state index contributed by atoms with van der Waals surface area (Å²) in [5, 5.41) is 10.8. The van der Waals surface area contributed by atoms with Crippen LogP contribution in [0.2, 0.25) is 0 Å². The van der Waals surface area contributed by atoms with Crippen molar-refractivity contribution >= 4 is 11.9 Å². The first kappa shape index (κ1) is 16.5. The maximum atomic E-state index is 12.8. The number of ether oxygens (including phenoxy) is 1. The normalized spacial score (nSPS) is 10.4. The van der Waals surface area contributed by atoms with Gasteiger partial charge in [0.15, 0.2) is 0 Å². The zero-order valence-corrected chi connectivity index (χ0v) is 13.3. The molecule has 0 aliphatic heterocycles. The highest BCUT2D eigenvalue weighted by molar-refractivity contribution is 5.86. The molecule has 0 fully saturated rings. The van der Waals surface area contributed by atoms with Crippen molar-refractivity contribution in [2.45, 2.75) is 5.92 Å². The van der Waals surface area contributed by atoms with Crippen LogP contribution in [0.4, 0.5) is 0 Å². The van der Waals surface area contributed by atoms with Crippen LogP contribution < -0.4 is 9.84 Å². The summed E-state index contributed by atoms with van der Waals surface area (Å²) >= 11 is 0. The fourth-order valence-corrected chi connectivity index (χ4v) is 2.59. The summed E-state index contributed by atoms with van der Waals surface area (Å²) in [6.45, 7) is 0. The summed E-state index contributed by atoms with van der Waals surface area (Å²) in [6.07, 6.45) is 0. The molecule has 0 N–H and O–H groups in total. The number of benzene rings is 3. The van der Waals surface area contributed by atoms with Gasteiger partial charge in [-0.2, -0.15) is 0 Å². The van der Waals surface area contributed by atoms with Gasteiger partial charge in [-0.1, -0.05) is 60.7 Å². The monoisotopic (exact) mass is 331 g/mol. The molecule has 0 saturated heterocycles. The predicted octanol–water partition coefficient (Wildman–Crippen LogP) is 2.79. The van der Waals surface area contributed by atoms with Crippen LogP contribution in [0.25, 0.3) is 0 Å². The molecule has 0 radical (unpaired) electrons. The molecular weight excluding hydrogens is 316 g/mol. The van der Waals surface area contributed by atoms with Crippen molar-refractivity contribution in [3.63, 3.8) is 0 Å². The van der Waals surface area contributed by atoms with Crippen LogP contribution in [0.5, 0.6) is 5.75 Å². The van der Waals surface area contributed by atoms with Gasteiger partial charge >= 0.3 is 5.97 Å². The second-order valence-electron chi connectivity index (χ2n) is 5.49. The standard InChI is InChI=1S/C21H16O4/c22-20(23)17-11-13-18(14-12-17)25-21(24)19(15-7-3-1-4-8-15)16-9-5-2-6-10-16/h1-14,19H,(H,22,23)/p-1. The third kappa shape index (κ3) is 3.93. The van der Waals surface area contributed by atoms with Gasteiger partial charge in [0.1, 0.15) is 11.7 Å². The molecule has 4 heteroatoms. The second kappa shape index (κ2) is 7.45. The average molecular weight is 331 g/mol. The zero-order valence-electron chi connectivity index (χ0n) is 13.3. The number of carbonyl (C=O) groups is 2. The van der Waals surface area contributed by atoms with Gasteiger partial charge < -0.3 is 14.6 Å². The van der Waals surface area contributed by atoms with E-state index in [1.165, 1.54) is 24.3 Å². The number of esters is 1. The third-order valence-corrected chi connectivity index (χ3v) is 3.81. The first-order valence-electron chi connectivity index (χ1n) is 7.78. The lowest BCUT2D eigenvalue weighted by Crippen LogP contribution is -2.22. The highest BCUT2D eigenvalue weighted by Crippen LogP contribution is 2.27. The third-order valence-electron chi connectivity index (χ3n) is 3.81. The lowest BCUT2D eigenvalue weighted by Gasteiger charge is -2.17. The summed E-state index contributed by atoms with van der Waals surface area (Å²) in [5.41, 5.74) is 1.68.